The van der Waals surface area contributed by atoms with E-state index in [1.54, 1.807) is 13.1 Å². The second kappa shape index (κ2) is 11.0. The minimum atomic E-state index is -0.223. The number of rotatable bonds is 11. The van der Waals surface area contributed by atoms with E-state index in [0.717, 1.165) is 17.7 Å². The fourth-order valence-corrected chi connectivity index (χ4v) is 2.50. The Bertz CT molecular complexity index is 802. The summed E-state index contributed by atoms with van der Waals surface area (Å²) in [5, 5.41) is 4.12. The summed E-state index contributed by atoms with van der Waals surface area (Å²) < 4.78 is 11.5. The Morgan fingerprint density at radius 1 is 1.15 bits per heavy atom. The number of aromatic amines is 1. The topological polar surface area (TPSA) is 88.6 Å². The van der Waals surface area contributed by atoms with Crippen LogP contribution in [0.3, 0.4) is 0 Å². The van der Waals surface area contributed by atoms with E-state index in [0.29, 0.717) is 30.6 Å². The van der Waals surface area contributed by atoms with Gasteiger partial charge in [0.25, 0.3) is 5.56 Å². The highest BCUT2D eigenvalue weighted by Crippen LogP contribution is 2.28. The Kier molecular flexibility index (Phi) is 8.35. The molecular formula is C20H28N4O3. The first-order chi connectivity index (χ1) is 13.1. The van der Waals surface area contributed by atoms with Gasteiger partial charge in [0.1, 0.15) is 0 Å². The number of aryl methyl sites for hydroxylation is 1. The van der Waals surface area contributed by atoms with Gasteiger partial charge in [-0.1, -0.05) is 26.2 Å². The predicted octanol–water partition coefficient (Wildman–Crippen LogP) is 3.88. The normalized spacial score (nSPS) is 10.9. The maximum atomic E-state index is 11.4. The fraction of sp³-hybridized carbons (Fsp3) is 0.450. The quantitative estimate of drug-likeness (QED) is 0.355. The molecule has 1 heterocycles. The van der Waals surface area contributed by atoms with Crippen LogP contribution >= 0.6 is 0 Å². The van der Waals surface area contributed by atoms with Crippen molar-refractivity contribution in [3.63, 3.8) is 0 Å². The molecule has 0 aliphatic carbocycles. The van der Waals surface area contributed by atoms with Gasteiger partial charge in [0.15, 0.2) is 11.5 Å². The average molecular weight is 372 g/mol. The van der Waals surface area contributed by atoms with E-state index in [2.05, 4.69) is 27.4 Å². The summed E-state index contributed by atoms with van der Waals surface area (Å²) in [6, 6.07) is 7.09. The van der Waals surface area contributed by atoms with Gasteiger partial charge in [-0.05, 0) is 44.0 Å². The minimum Gasteiger partial charge on any atom is -0.490 e. The Hall–Kier alpha value is -2.83. The molecule has 0 unspecified atom stereocenters. The number of hydrogen-bond donors (Lipinski definition) is 2. The zero-order chi connectivity index (χ0) is 19.5. The Morgan fingerprint density at radius 2 is 2.00 bits per heavy atom. The van der Waals surface area contributed by atoms with Crippen molar-refractivity contribution in [2.45, 2.75) is 46.5 Å². The molecule has 0 radical (unpaired) electrons. The zero-order valence-electron chi connectivity index (χ0n) is 16.2. The van der Waals surface area contributed by atoms with Gasteiger partial charge in [-0.15, -0.1) is 0 Å². The summed E-state index contributed by atoms with van der Waals surface area (Å²) in [7, 11) is 0. The van der Waals surface area contributed by atoms with Gasteiger partial charge in [-0.25, -0.2) is 10.4 Å². The lowest BCUT2D eigenvalue weighted by atomic mass is 10.2. The van der Waals surface area contributed by atoms with Crippen LogP contribution in [0, 0.1) is 6.92 Å². The molecule has 0 aliphatic heterocycles. The molecule has 27 heavy (non-hydrogen) atoms. The van der Waals surface area contributed by atoms with Gasteiger partial charge in [-0.3, -0.25) is 9.78 Å². The molecule has 1 aromatic carbocycles. The maximum Gasteiger partial charge on any atom is 0.252 e. The van der Waals surface area contributed by atoms with Crippen molar-refractivity contribution in [1.82, 2.24) is 9.97 Å². The molecule has 7 nitrogen and oxygen atoms in total. The zero-order valence-corrected chi connectivity index (χ0v) is 16.2. The number of hydrazone groups is 1. The van der Waals surface area contributed by atoms with E-state index in [4.69, 9.17) is 9.47 Å². The van der Waals surface area contributed by atoms with Crippen LogP contribution in [-0.4, -0.2) is 29.4 Å². The van der Waals surface area contributed by atoms with E-state index in [-0.39, 0.29) is 5.56 Å². The number of benzene rings is 1. The molecule has 0 amide bonds. The molecule has 0 aliphatic rings. The largest absolute Gasteiger partial charge is 0.490 e. The molecule has 0 saturated heterocycles. The van der Waals surface area contributed by atoms with Crippen LogP contribution in [0.4, 0.5) is 5.95 Å². The molecular weight excluding hydrogens is 344 g/mol. The average Bonchev–Trinajstić information content (AvgIpc) is 2.62. The third-order valence-corrected chi connectivity index (χ3v) is 3.78. The van der Waals surface area contributed by atoms with Crippen LogP contribution in [0.1, 0.15) is 50.8 Å². The third-order valence-electron chi connectivity index (χ3n) is 3.78. The second-order valence-corrected chi connectivity index (χ2v) is 6.15. The second-order valence-electron chi connectivity index (χ2n) is 6.15. The van der Waals surface area contributed by atoms with Gasteiger partial charge < -0.3 is 9.47 Å². The van der Waals surface area contributed by atoms with Crippen molar-refractivity contribution < 1.29 is 9.47 Å². The summed E-state index contributed by atoms with van der Waals surface area (Å²) in [5.74, 6) is 1.73. The number of hydrogen-bond acceptors (Lipinski definition) is 6. The van der Waals surface area contributed by atoms with E-state index in [1.165, 1.54) is 25.3 Å². The number of nitrogens with zero attached hydrogens (tertiary/aromatic N) is 2. The van der Waals surface area contributed by atoms with Gasteiger partial charge in [-0.2, -0.15) is 5.10 Å². The highest BCUT2D eigenvalue weighted by Gasteiger charge is 2.06. The smallest absolute Gasteiger partial charge is 0.252 e. The van der Waals surface area contributed by atoms with Crippen molar-refractivity contribution in [2.75, 3.05) is 18.6 Å². The SMILES string of the molecule is CCCCCCOc1ccc(/C=N/Nc2nc(C)cc(=O)[nH]2)cc1OCC. The lowest BCUT2D eigenvalue weighted by molar-refractivity contribution is 0.270. The summed E-state index contributed by atoms with van der Waals surface area (Å²) >= 11 is 0. The molecule has 0 fully saturated rings. The third kappa shape index (κ3) is 7.13. The van der Waals surface area contributed by atoms with Crippen LogP contribution in [0.25, 0.3) is 0 Å². The number of unbranched alkanes of at least 4 members (excludes halogenated alkanes) is 3. The van der Waals surface area contributed by atoms with Crippen molar-refractivity contribution >= 4 is 12.2 Å². The molecule has 2 rings (SSSR count). The van der Waals surface area contributed by atoms with Crippen LogP contribution in [-0.2, 0) is 0 Å². The summed E-state index contributed by atoms with van der Waals surface area (Å²) in [6.07, 6.45) is 6.28. The number of nitrogens with one attached hydrogen (secondary N) is 2. The number of anilines is 1. The van der Waals surface area contributed by atoms with Crippen molar-refractivity contribution in [3.05, 3.63) is 45.9 Å². The van der Waals surface area contributed by atoms with Crippen molar-refractivity contribution in [3.8, 4) is 11.5 Å². The van der Waals surface area contributed by atoms with E-state index in [1.807, 2.05) is 25.1 Å². The summed E-state index contributed by atoms with van der Waals surface area (Å²) in [4.78, 5) is 18.2. The van der Waals surface area contributed by atoms with Crippen LogP contribution < -0.4 is 20.5 Å². The molecule has 0 spiro atoms. The van der Waals surface area contributed by atoms with Gasteiger partial charge >= 0.3 is 0 Å². The fourth-order valence-electron chi connectivity index (χ4n) is 2.50. The minimum absolute atomic E-state index is 0.223. The lowest BCUT2D eigenvalue weighted by Gasteiger charge is -2.12. The first-order valence-corrected chi connectivity index (χ1v) is 9.39. The molecule has 0 atom stereocenters. The highest BCUT2D eigenvalue weighted by atomic mass is 16.5. The standard InChI is InChI=1S/C20H28N4O3/c1-4-6-7-8-11-27-17-10-9-16(13-18(17)26-5-2)14-21-24-20-22-15(3)12-19(25)23-20/h9-10,12-14H,4-8,11H2,1-3H3,(H2,22,23,24,25)/b21-14+. The highest BCUT2D eigenvalue weighted by molar-refractivity contribution is 5.81. The lowest BCUT2D eigenvalue weighted by Crippen LogP contribution is -2.10. The van der Waals surface area contributed by atoms with Crippen molar-refractivity contribution in [1.29, 1.82) is 0 Å². The Morgan fingerprint density at radius 3 is 2.74 bits per heavy atom. The maximum absolute atomic E-state index is 11.4. The molecule has 2 N–H and O–H groups in total. The molecule has 146 valence electrons. The first kappa shape index (κ1) is 20.5. The number of H-pyrrole nitrogens is 1. The van der Waals surface area contributed by atoms with E-state index < -0.39 is 0 Å². The number of aromatic nitrogens is 2. The van der Waals surface area contributed by atoms with Crippen LogP contribution in [0.2, 0.25) is 0 Å². The Labute approximate surface area is 159 Å². The predicted molar refractivity (Wildman–Crippen MR) is 108 cm³/mol. The van der Waals surface area contributed by atoms with Gasteiger partial charge in [0.2, 0.25) is 5.95 Å². The first-order valence-electron chi connectivity index (χ1n) is 9.39. The summed E-state index contributed by atoms with van der Waals surface area (Å²) in [5.41, 5.74) is 3.97. The van der Waals surface area contributed by atoms with Gasteiger partial charge in [0.05, 0.1) is 19.4 Å². The van der Waals surface area contributed by atoms with Crippen LogP contribution in [0.5, 0.6) is 11.5 Å². The summed E-state index contributed by atoms with van der Waals surface area (Å²) in [6.45, 7) is 7.11. The van der Waals surface area contributed by atoms with Gasteiger partial charge in [0, 0.05) is 11.8 Å². The molecule has 7 heteroatoms. The number of ether oxygens (including phenoxy) is 2. The van der Waals surface area contributed by atoms with E-state index >= 15 is 0 Å². The van der Waals surface area contributed by atoms with E-state index in [9.17, 15) is 4.79 Å². The van der Waals surface area contributed by atoms with Crippen LogP contribution in [0.15, 0.2) is 34.2 Å². The molecule has 2 aromatic rings. The molecule has 1 aromatic heterocycles. The van der Waals surface area contributed by atoms with Crippen molar-refractivity contribution in [2.24, 2.45) is 5.10 Å². The molecule has 0 saturated carbocycles. The molecule has 0 bridgehead atoms. The monoisotopic (exact) mass is 372 g/mol. The Balaban J connectivity index is 1.99.